The average Bonchev–Trinajstić information content (AvgIpc) is 3.18. The maximum absolute atomic E-state index is 12.4. The van der Waals surface area contributed by atoms with Gasteiger partial charge in [0.15, 0.2) is 0 Å². The van der Waals surface area contributed by atoms with E-state index in [1.807, 2.05) is 68.4 Å². The largest absolute Gasteiger partial charge is 0.487 e. The molecular formula is C25H23N3O3. The SMILES string of the molecule is Cc1ccc(OCc2nc(-c3ccc(C(=O)NCc4ccccn4)cc3)oc2C)cc1. The highest BCUT2D eigenvalue weighted by molar-refractivity contribution is 5.94. The van der Waals surface area contributed by atoms with Gasteiger partial charge >= 0.3 is 0 Å². The number of hydrogen-bond donors (Lipinski definition) is 1. The summed E-state index contributed by atoms with van der Waals surface area (Å²) in [6, 6.07) is 20.6. The lowest BCUT2D eigenvalue weighted by molar-refractivity contribution is 0.0950. The number of nitrogens with one attached hydrogen (secondary N) is 1. The van der Waals surface area contributed by atoms with Crippen LogP contribution >= 0.6 is 0 Å². The van der Waals surface area contributed by atoms with Crippen LogP contribution in [-0.2, 0) is 13.2 Å². The Morgan fingerprint density at radius 1 is 1.00 bits per heavy atom. The zero-order valence-electron chi connectivity index (χ0n) is 17.5. The van der Waals surface area contributed by atoms with Crippen LogP contribution in [0.1, 0.15) is 33.1 Å². The number of aromatic nitrogens is 2. The minimum absolute atomic E-state index is 0.159. The fourth-order valence-corrected chi connectivity index (χ4v) is 3.01. The lowest BCUT2D eigenvalue weighted by Crippen LogP contribution is -2.23. The van der Waals surface area contributed by atoms with E-state index in [9.17, 15) is 4.79 Å². The van der Waals surface area contributed by atoms with Crippen LogP contribution in [0.3, 0.4) is 0 Å². The monoisotopic (exact) mass is 413 g/mol. The number of ether oxygens (including phenoxy) is 1. The van der Waals surface area contributed by atoms with Gasteiger partial charge in [0.2, 0.25) is 5.89 Å². The molecule has 2 aromatic carbocycles. The Labute approximate surface area is 180 Å². The second-order valence-corrected chi connectivity index (χ2v) is 7.20. The van der Waals surface area contributed by atoms with Crippen LogP contribution in [0.2, 0.25) is 0 Å². The number of pyridine rings is 1. The molecule has 0 saturated carbocycles. The van der Waals surface area contributed by atoms with Crippen molar-refractivity contribution in [1.82, 2.24) is 15.3 Å². The van der Waals surface area contributed by atoms with E-state index in [1.54, 1.807) is 18.3 Å². The van der Waals surface area contributed by atoms with Crippen molar-refractivity contribution in [3.63, 3.8) is 0 Å². The van der Waals surface area contributed by atoms with E-state index in [2.05, 4.69) is 15.3 Å². The molecule has 1 amide bonds. The summed E-state index contributed by atoms with van der Waals surface area (Å²) in [4.78, 5) is 21.1. The number of hydrogen-bond acceptors (Lipinski definition) is 5. The molecule has 0 saturated heterocycles. The molecule has 0 atom stereocenters. The van der Waals surface area contributed by atoms with E-state index in [-0.39, 0.29) is 5.91 Å². The van der Waals surface area contributed by atoms with Gasteiger partial charge in [-0.25, -0.2) is 4.98 Å². The molecule has 0 fully saturated rings. The van der Waals surface area contributed by atoms with Crippen molar-refractivity contribution in [1.29, 1.82) is 0 Å². The molecule has 6 heteroatoms. The van der Waals surface area contributed by atoms with Crippen LogP contribution in [0.25, 0.3) is 11.5 Å². The number of benzene rings is 2. The molecule has 0 bridgehead atoms. The first-order valence-electron chi connectivity index (χ1n) is 10.0. The van der Waals surface area contributed by atoms with Crippen molar-refractivity contribution in [3.05, 3.63) is 101 Å². The summed E-state index contributed by atoms with van der Waals surface area (Å²) in [6.07, 6.45) is 1.70. The molecule has 0 unspecified atom stereocenters. The quantitative estimate of drug-likeness (QED) is 0.468. The standard InChI is InChI=1S/C25H23N3O3/c1-17-6-12-22(13-7-17)30-16-23-18(2)31-25(28-23)20-10-8-19(9-11-20)24(29)27-15-21-5-3-4-14-26-21/h3-14H,15-16H2,1-2H3,(H,27,29). The van der Waals surface area contributed by atoms with Crippen molar-refractivity contribution >= 4 is 5.91 Å². The topological polar surface area (TPSA) is 77.2 Å². The zero-order chi connectivity index (χ0) is 21.6. The highest BCUT2D eigenvalue weighted by atomic mass is 16.5. The van der Waals surface area contributed by atoms with Crippen molar-refractivity contribution < 1.29 is 13.9 Å². The molecule has 0 aliphatic heterocycles. The molecule has 0 aliphatic rings. The number of aryl methyl sites for hydroxylation is 2. The number of rotatable bonds is 7. The third-order valence-electron chi connectivity index (χ3n) is 4.84. The second kappa shape index (κ2) is 9.26. The molecule has 4 rings (SSSR count). The molecule has 31 heavy (non-hydrogen) atoms. The molecule has 1 N–H and O–H groups in total. The number of carbonyl (C=O) groups is 1. The van der Waals surface area contributed by atoms with Crippen LogP contribution in [0, 0.1) is 13.8 Å². The van der Waals surface area contributed by atoms with Gasteiger partial charge in [-0.1, -0.05) is 23.8 Å². The van der Waals surface area contributed by atoms with Gasteiger partial charge in [0.05, 0.1) is 12.2 Å². The normalized spacial score (nSPS) is 10.6. The summed E-state index contributed by atoms with van der Waals surface area (Å²) in [6.45, 7) is 4.61. The maximum atomic E-state index is 12.4. The minimum Gasteiger partial charge on any atom is -0.487 e. The Morgan fingerprint density at radius 3 is 2.48 bits per heavy atom. The lowest BCUT2D eigenvalue weighted by atomic mass is 10.1. The molecule has 0 spiro atoms. The van der Waals surface area contributed by atoms with Gasteiger partial charge in [0.1, 0.15) is 23.8 Å². The van der Waals surface area contributed by atoms with E-state index < -0.39 is 0 Å². The maximum Gasteiger partial charge on any atom is 0.251 e. The smallest absolute Gasteiger partial charge is 0.251 e. The summed E-state index contributed by atoms with van der Waals surface area (Å²) in [5.74, 6) is 1.84. The van der Waals surface area contributed by atoms with Gasteiger partial charge in [-0.3, -0.25) is 9.78 Å². The molecule has 0 aliphatic carbocycles. The van der Waals surface area contributed by atoms with Gasteiger partial charge in [-0.15, -0.1) is 0 Å². The molecule has 2 aromatic heterocycles. The zero-order valence-corrected chi connectivity index (χ0v) is 17.5. The predicted octanol–water partition coefficient (Wildman–Crippen LogP) is 4.86. The average molecular weight is 413 g/mol. The van der Waals surface area contributed by atoms with Crippen LogP contribution in [-0.4, -0.2) is 15.9 Å². The minimum atomic E-state index is -0.159. The first kappa shape index (κ1) is 20.3. The summed E-state index contributed by atoms with van der Waals surface area (Å²) in [5.41, 5.74) is 4.09. The number of carbonyl (C=O) groups excluding carboxylic acids is 1. The van der Waals surface area contributed by atoms with E-state index in [4.69, 9.17) is 9.15 Å². The predicted molar refractivity (Wildman–Crippen MR) is 118 cm³/mol. The first-order valence-corrected chi connectivity index (χ1v) is 10.0. The second-order valence-electron chi connectivity index (χ2n) is 7.20. The fraction of sp³-hybridized carbons (Fsp3) is 0.160. The summed E-state index contributed by atoms with van der Waals surface area (Å²) < 4.78 is 11.6. The highest BCUT2D eigenvalue weighted by Crippen LogP contribution is 2.23. The van der Waals surface area contributed by atoms with Crippen LogP contribution in [0.5, 0.6) is 5.75 Å². The highest BCUT2D eigenvalue weighted by Gasteiger charge is 2.13. The fourth-order valence-electron chi connectivity index (χ4n) is 3.01. The van der Waals surface area contributed by atoms with E-state index in [0.717, 1.165) is 22.7 Å². The Kier molecular flexibility index (Phi) is 6.08. The molecule has 156 valence electrons. The summed E-state index contributed by atoms with van der Waals surface area (Å²) in [5, 5.41) is 2.87. The van der Waals surface area contributed by atoms with Crippen molar-refractivity contribution in [2.24, 2.45) is 0 Å². The summed E-state index contributed by atoms with van der Waals surface area (Å²) >= 11 is 0. The molecular weight excluding hydrogens is 390 g/mol. The van der Waals surface area contributed by atoms with Gasteiger partial charge < -0.3 is 14.5 Å². The Morgan fingerprint density at radius 2 is 1.77 bits per heavy atom. The Bertz CT molecular complexity index is 1150. The molecule has 4 aromatic rings. The van der Waals surface area contributed by atoms with Crippen LogP contribution in [0.4, 0.5) is 0 Å². The number of nitrogens with zero attached hydrogens (tertiary/aromatic N) is 2. The molecule has 0 radical (unpaired) electrons. The summed E-state index contributed by atoms with van der Waals surface area (Å²) in [7, 11) is 0. The van der Waals surface area contributed by atoms with Crippen molar-refractivity contribution in [2.75, 3.05) is 0 Å². The third-order valence-corrected chi connectivity index (χ3v) is 4.84. The number of oxazole rings is 1. The van der Waals surface area contributed by atoms with Crippen LogP contribution < -0.4 is 10.1 Å². The molecule has 6 nitrogen and oxygen atoms in total. The molecule has 2 heterocycles. The van der Waals surface area contributed by atoms with Gasteiger partial charge in [-0.05, 0) is 62.4 Å². The Balaban J connectivity index is 1.38. The van der Waals surface area contributed by atoms with Gasteiger partial charge in [0.25, 0.3) is 5.91 Å². The van der Waals surface area contributed by atoms with Crippen LogP contribution in [0.15, 0.2) is 77.3 Å². The van der Waals surface area contributed by atoms with E-state index in [0.29, 0.717) is 30.4 Å². The van der Waals surface area contributed by atoms with Crippen molar-refractivity contribution in [3.8, 4) is 17.2 Å². The third kappa shape index (κ3) is 5.17. The lowest BCUT2D eigenvalue weighted by Gasteiger charge is -2.05. The Hall–Kier alpha value is -3.93. The first-order chi connectivity index (χ1) is 15.1. The van der Waals surface area contributed by atoms with Gasteiger partial charge in [0, 0.05) is 17.3 Å². The number of amides is 1. The van der Waals surface area contributed by atoms with E-state index in [1.165, 1.54) is 5.56 Å². The van der Waals surface area contributed by atoms with E-state index >= 15 is 0 Å². The van der Waals surface area contributed by atoms with Gasteiger partial charge in [-0.2, -0.15) is 0 Å². The van der Waals surface area contributed by atoms with Crippen molar-refractivity contribution in [2.45, 2.75) is 27.0 Å².